The number of H-pyrrole nitrogens is 1. The van der Waals surface area contributed by atoms with Gasteiger partial charge in [0, 0.05) is 0 Å². The maximum absolute atomic E-state index is 13.3. The minimum atomic E-state index is -0.349. The Morgan fingerprint density at radius 3 is 2.74 bits per heavy atom. The Labute approximate surface area is 144 Å². The predicted octanol–water partition coefficient (Wildman–Crippen LogP) is 3.96. The van der Waals surface area contributed by atoms with Crippen molar-refractivity contribution in [2.24, 2.45) is 4.99 Å². The molecule has 8 heteroatoms. The molecular formula is C15H10Cl2FN3OS. The van der Waals surface area contributed by atoms with E-state index in [1.54, 1.807) is 30.3 Å². The molecule has 1 N–H and O–H groups in total. The number of halogens is 3. The van der Waals surface area contributed by atoms with Gasteiger partial charge in [0.05, 0.1) is 22.3 Å². The van der Waals surface area contributed by atoms with Crippen molar-refractivity contribution < 1.29 is 4.39 Å². The maximum atomic E-state index is 13.3. The van der Waals surface area contributed by atoms with Crippen molar-refractivity contribution in [3.8, 4) is 0 Å². The summed E-state index contributed by atoms with van der Waals surface area (Å²) < 4.78 is 17.3. The van der Waals surface area contributed by atoms with Crippen LogP contribution in [0.1, 0.15) is 5.56 Å². The van der Waals surface area contributed by atoms with Crippen LogP contribution in [0, 0.1) is 5.82 Å². The third-order valence-corrected chi connectivity index (χ3v) is 4.57. The van der Waals surface area contributed by atoms with Gasteiger partial charge in [-0.1, -0.05) is 35.3 Å². The third-order valence-electron chi connectivity index (χ3n) is 3.06. The van der Waals surface area contributed by atoms with Gasteiger partial charge in [0.2, 0.25) is 4.80 Å². The van der Waals surface area contributed by atoms with Gasteiger partial charge in [0.15, 0.2) is 0 Å². The molecule has 23 heavy (non-hydrogen) atoms. The fourth-order valence-electron chi connectivity index (χ4n) is 1.99. The molecule has 0 aliphatic heterocycles. The summed E-state index contributed by atoms with van der Waals surface area (Å²) in [6.45, 7) is 0.219. The minimum absolute atomic E-state index is 0.219. The average molecular weight is 370 g/mol. The van der Waals surface area contributed by atoms with E-state index in [0.29, 0.717) is 26.1 Å². The van der Waals surface area contributed by atoms with Gasteiger partial charge in [-0.3, -0.25) is 8.94 Å². The van der Waals surface area contributed by atoms with Gasteiger partial charge < -0.3 is 0 Å². The smallest absolute Gasteiger partial charge is 0.263 e. The molecule has 4 nitrogen and oxygen atoms in total. The molecule has 0 amide bonds. The zero-order chi connectivity index (χ0) is 16.4. The molecule has 118 valence electrons. The summed E-state index contributed by atoms with van der Waals surface area (Å²) in [5.41, 5.74) is 0.935. The van der Waals surface area contributed by atoms with Gasteiger partial charge in [-0.15, -0.1) is 0 Å². The molecule has 2 aromatic carbocycles. The van der Waals surface area contributed by atoms with Crippen LogP contribution in [0.2, 0.25) is 10.0 Å². The number of nitrogens with one attached hydrogen (secondary N) is 1. The second-order valence-corrected chi connectivity index (χ2v) is 6.31. The summed E-state index contributed by atoms with van der Waals surface area (Å²) in [6, 6.07) is 11.0. The summed E-state index contributed by atoms with van der Waals surface area (Å²) in [4.78, 5) is 16.8. The molecule has 0 bridgehead atoms. The number of aromatic nitrogens is 2. The molecule has 3 aromatic rings. The predicted molar refractivity (Wildman–Crippen MR) is 90.1 cm³/mol. The summed E-state index contributed by atoms with van der Waals surface area (Å²) in [5.74, 6) is -0.349. The van der Waals surface area contributed by atoms with Crippen molar-refractivity contribution in [1.82, 2.24) is 8.94 Å². The summed E-state index contributed by atoms with van der Waals surface area (Å²) >= 11 is 12.9. The van der Waals surface area contributed by atoms with Crippen molar-refractivity contribution in [3.63, 3.8) is 0 Å². The van der Waals surface area contributed by atoms with Crippen molar-refractivity contribution in [1.29, 1.82) is 0 Å². The first kappa shape index (κ1) is 16.0. The molecular weight excluding hydrogens is 360 g/mol. The van der Waals surface area contributed by atoms with Gasteiger partial charge in [0.25, 0.3) is 0 Å². The highest BCUT2D eigenvalue weighted by Gasteiger charge is 2.05. The summed E-state index contributed by atoms with van der Waals surface area (Å²) in [6.07, 6.45) is 0. The van der Waals surface area contributed by atoms with Gasteiger partial charge in [0.1, 0.15) is 5.82 Å². The van der Waals surface area contributed by atoms with Crippen LogP contribution in [0.3, 0.4) is 0 Å². The molecule has 0 fully saturated rings. The molecule has 3 rings (SSSR count). The SMILES string of the molecule is O=c1[nH]sc(=Nc2ccc(Cl)c(Cl)c2)n1Cc1cccc(F)c1. The maximum Gasteiger partial charge on any atom is 0.337 e. The number of hydrogen-bond donors (Lipinski definition) is 1. The first-order valence-corrected chi connectivity index (χ1v) is 8.13. The third kappa shape index (κ3) is 3.72. The van der Waals surface area contributed by atoms with E-state index in [9.17, 15) is 9.18 Å². The van der Waals surface area contributed by atoms with Crippen LogP contribution in [-0.2, 0) is 6.54 Å². The zero-order valence-corrected chi connectivity index (χ0v) is 13.9. The molecule has 0 atom stereocenters. The average Bonchev–Trinajstić information content (AvgIpc) is 2.84. The number of benzene rings is 2. The Kier molecular flexibility index (Phi) is 4.66. The number of rotatable bonds is 3. The molecule has 0 saturated carbocycles. The lowest BCUT2D eigenvalue weighted by molar-refractivity contribution is 0.622. The number of aromatic amines is 1. The molecule has 0 radical (unpaired) electrons. The number of nitrogens with zero attached hydrogens (tertiary/aromatic N) is 2. The zero-order valence-electron chi connectivity index (χ0n) is 11.6. The van der Waals surface area contributed by atoms with Crippen LogP contribution in [-0.4, -0.2) is 8.94 Å². The van der Waals surface area contributed by atoms with Gasteiger partial charge in [-0.2, -0.15) is 0 Å². The summed E-state index contributed by atoms with van der Waals surface area (Å²) in [5, 5.41) is 0.813. The van der Waals surface area contributed by atoms with Crippen LogP contribution in [0.25, 0.3) is 0 Å². The normalized spacial score (nSPS) is 11.9. The Morgan fingerprint density at radius 2 is 2.00 bits per heavy atom. The van der Waals surface area contributed by atoms with E-state index in [0.717, 1.165) is 11.5 Å². The Morgan fingerprint density at radius 1 is 1.17 bits per heavy atom. The van der Waals surface area contributed by atoms with Crippen LogP contribution < -0.4 is 10.5 Å². The quantitative estimate of drug-likeness (QED) is 0.745. The lowest BCUT2D eigenvalue weighted by Gasteiger charge is -2.02. The molecule has 0 saturated heterocycles. The lowest BCUT2D eigenvalue weighted by Crippen LogP contribution is -2.27. The first-order valence-electron chi connectivity index (χ1n) is 6.55. The first-order chi connectivity index (χ1) is 11.0. The molecule has 0 aliphatic carbocycles. The molecule has 1 heterocycles. The van der Waals surface area contributed by atoms with Crippen LogP contribution in [0.15, 0.2) is 52.3 Å². The highest BCUT2D eigenvalue weighted by atomic mass is 35.5. The van der Waals surface area contributed by atoms with Crippen LogP contribution in [0.5, 0.6) is 0 Å². The van der Waals surface area contributed by atoms with Crippen LogP contribution >= 0.6 is 34.7 Å². The fourth-order valence-corrected chi connectivity index (χ4v) is 2.98. The number of hydrogen-bond acceptors (Lipinski definition) is 3. The van der Waals surface area contributed by atoms with Crippen molar-refractivity contribution >= 4 is 40.4 Å². The van der Waals surface area contributed by atoms with Crippen molar-refractivity contribution in [3.05, 3.63) is 79.2 Å². The Bertz CT molecular complexity index is 977. The monoisotopic (exact) mass is 369 g/mol. The topological polar surface area (TPSA) is 50.1 Å². The molecule has 1 aromatic heterocycles. The Hall–Kier alpha value is -1.89. The van der Waals surface area contributed by atoms with E-state index < -0.39 is 0 Å². The lowest BCUT2D eigenvalue weighted by atomic mass is 10.2. The van der Waals surface area contributed by atoms with E-state index in [1.807, 2.05) is 0 Å². The van der Waals surface area contributed by atoms with E-state index in [-0.39, 0.29) is 18.1 Å². The second kappa shape index (κ2) is 6.70. The van der Waals surface area contributed by atoms with Gasteiger partial charge >= 0.3 is 5.69 Å². The molecule has 0 spiro atoms. The van der Waals surface area contributed by atoms with E-state index in [2.05, 4.69) is 9.37 Å². The highest BCUT2D eigenvalue weighted by molar-refractivity contribution is 7.02. The van der Waals surface area contributed by atoms with Crippen molar-refractivity contribution in [2.75, 3.05) is 0 Å². The van der Waals surface area contributed by atoms with E-state index >= 15 is 0 Å². The van der Waals surface area contributed by atoms with Crippen molar-refractivity contribution in [2.45, 2.75) is 6.54 Å². The standard InChI is InChI=1S/C15H10Cl2FN3OS/c16-12-5-4-11(7-13(12)17)19-15-21(14(22)20-23-15)8-9-2-1-3-10(18)6-9/h1-7H,8H2,(H,20,22). The van der Waals surface area contributed by atoms with Gasteiger partial charge in [-0.05, 0) is 47.4 Å². The summed E-state index contributed by atoms with van der Waals surface area (Å²) in [7, 11) is 0. The van der Waals surface area contributed by atoms with E-state index in [1.165, 1.54) is 16.7 Å². The van der Waals surface area contributed by atoms with E-state index in [4.69, 9.17) is 23.2 Å². The Balaban J connectivity index is 2.03. The van der Waals surface area contributed by atoms with Crippen LogP contribution in [0.4, 0.5) is 10.1 Å². The second-order valence-electron chi connectivity index (χ2n) is 4.72. The largest absolute Gasteiger partial charge is 0.337 e. The molecule has 0 unspecified atom stereocenters. The molecule has 0 aliphatic rings. The fraction of sp³-hybridized carbons (Fsp3) is 0.0667. The highest BCUT2D eigenvalue weighted by Crippen LogP contribution is 2.26. The minimum Gasteiger partial charge on any atom is -0.263 e. The van der Waals surface area contributed by atoms with Gasteiger partial charge in [-0.25, -0.2) is 14.2 Å².